The summed E-state index contributed by atoms with van der Waals surface area (Å²) < 4.78 is 52.1. The van der Waals surface area contributed by atoms with Crippen molar-refractivity contribution in [1.29, 1.82) is 0 Å². The van der Waals surface area contributed by atoms with Gasteiger partial charge in [-0.15, -0.1) is 0 Å². The molecule has 3 rings (SSSR count). The third-order valence-corrected chi connectivity index (χ3v) is 4.02. The van der Waals surface area contributed by atoms with Crippen LogP contribution < -0.4 is 9.47 Å². The van der Waals surface area contributed by atoms with Crippen molar-refractivity contribution >= 4 is 5.91 Å². The van der Waals surface area contributed by atoms with Crippen LogP contribution in [0.4, 0.5) is 13.2 Å². The number of rotatable bonds is 4. The summed E-state index contributed by atoms with van der Waals surface area (Å²) in [5.74, 6) is 0.798. The highest BCUT2D eigenvalue weighted by Crippen LogP contribution is 2.42. The molecule has 1 atom stereocenters. The molecule has 0 N–H and O–H groups in total. The first-order chi connectivity index (χ1) is 11.5. The van der Waals surface area contributed by atoms with Crippen LogP contribution in [-0.4, -0.2) is 50.0 Å². The summed E-state index contributed by atoms with van der Waals surface area (Å²) in [5, 5.41) is 0. The normalized spacial score (nSPS) is 20.3. The molecule has 132 valence electrons. The molecule has 1 aromatic carbocycles. The highest BCUT2D eigenvalue weighted by atomic mass is 19.4. The van der Waals surface area contributed by atoms with E-state index in [0.717, 1.165) is 18.4 Å². The summed E-state index contributed by atoms with van der Waals surface area (Å²) in [6.45, 7) is -0.616. The number of nitrogens with zero attached hydrogens (tertiary/aromatic N) is 1. The Bertz CT molecular complexity index is 605. The molecular weight excluding hydrogens is 327 g/mol. The van der Waals surface area contributed by atoms with Gasteiger partial charge in [0.1, 0.15) is 26.4 Å². The Morgan fingerprint density at radius 1 is 1.29 bits per heavy atom. The minimum absolute atomic E-state index is 0.233. The van der Waals surface area contributed by atoms with Crippen LogP contribution in [0.5, 0.6) is 11.5 Å². The zero-order valence-corrected chi connectivity index (χ0v) is 13.0. The van der Waals surface area contributed by atoms with Crippen LogP contribution in [0, 0.1) is 0 Å². The summed E-state index contributed by atoms with van der Waals surface area (Å²) >= 11 is 0. The van der Waals surface area contributed by atoms with Crippen molar-refractivity contribution in [3.05, 3.63) is 23.8 Å². The van der Waals surface area contributed by atoms with Gasteiger partial charge in [-0.3, -0.25) is 4.79 Å². The summed E-state index contributed by atoms with van der Waals surface area (Å²) in [4.78, 5) is 13.8. The van der Waals surface area contributed by atoms with E-state index in [2.05, 4.69) is 4.74 Å². The predicted molar refractivity (Wildman–Crippen MR) is 78.0 cm³/mol. The number of hydrogen-bond donors (Lipinski definition) is 0. The number of fused-ring (bicyclic) bond motifs is 1. The number of amides is 1. The first-order valence-corrected chi connectivity index (χ1v) is 7.78. The number of alkyl halides is 3. The first kappa shape index (κ1) is 16.9. The molecule has 1 aromatic rings. The van der Waals surface area contributed by atoms with Gasteiger partial charge < -0.3 is 19.1 Å². The fraction of sp³-hybridized carbons (Fsp3) is 0.562. The van der Waals surface area contributed by atoms with Gasteiger partial charge in [-0.05, 0) is 18.9 Å². The van der Waals surface area contributed by atoms with Crippen LogP contribution in [0.15, 0.2) is 18.2 Å². The van der Waals surface area contributed by atoms with Gasteiger partial charge in [0, 0.05) is 12.1 Å². The molecule has 0 aliphatic carbocycles. The minimum Gasteiger partial charge on any atom is -0.486 e. The molecule has 1 saturated heterocycles. The maximum atomic E-state index is 12.2. The van der Waals surface area contributed by atoms with Gasteiger partial charge >= 0.3 is 6.18 Å². The van der Waals surface area contributed by atoms with Gasteiger partial charge in [0.2, 0.25) is 5.91 Å². The maximum Gasteiger partial charge on any atom is 0.411 e. The van der Waals surface area contributed by atoms with Gasteiger partial charge in [-0.25, -0.2) is 0 Å². The Labute approximate surface area is 137 Å². The van der Waals surface area contributed by atoms with Crippen LogP contribution in [0.3, 0.4) is 0 Å². The molecule has 0 saturated carbocycles. The summed E-state index contributed by atoms with van der Waals surface area (Å²) in [5.41, 5.74) is 0.828. The minimum atomic E-state index is -4.44. The van der Waals surface area contributed by atoms with Gasteiger partial charge in [0.15, 0.2) is 11.5 Å². The van der Waals surface area contributed by atoms with E-state index in [-0.39, 0.29) is 6.04 Å². The van der Waals surface area contributed by atoms with E-state index in [4.69, 9.17) is 9.47 Å². The van der Waals surface area contributed by atoms with Crippen LogP contribution in [0.25, 0.3) is 0 Å². The molecule has 2 heterocycles. The molecule has 0 unspecified atom stereocenters. The Balaban J connectivity index is 1.71. The van der Waals surface area contributed by atoms with E-state index >= 15 is 0 Å². The number of carbonyl (C=O) groups excluding carboxylic acids is 1. The van der Waals surface area contributed by atoms with E-state index in [1.807, 2.05) is 12.1 Å². The van der Waals surface area contributed by atoms with Gasteiger partial charge in [0.05, 0.1) is 6.04 Å². The van der Waals surface area contributed by atoms with Crippen molar-refractivity contribution < 1.29 is 32.2 Å². The molecule has 0 spiro atoms. The highest BCUT2D eigenvalue weighted by Gasteiger charge is 2.34. The highest BCUT2D eigenvalue weighted by molar-refractivity contribution is 5.78. The van der Waals surface area contributed by atoms with Crippen molar-refractivity contribution in [3.8, 4) is 11.5 Å². The lowest BCUT2D eigenvalue weighted by atomic mass is 10.0. The number of hydrogen-bond acceptors (Lipinski definition) is 4. The zero-order chi connectivity index (χ0) is 17.2. The van der Waals surface area contributed by atoms with Crippen molar-refractivity contribution in [1.82, 2.24) is 4.90 Å². The molecule has 2 aliphatic rings. The molecule has 24 heavy (non-hydrogen) atoms. The molecule has 5 nitrogen and oxygen atoms in total. The SMILES string of the molecule is O=C(COCC(F)(F)F)N1CCC[C@@H]1c1cccc2c1OCCO2. The zero-order valence-electron chi connectivity index (χ0n) is 13.0. The third kappa shape index (κ3) is 3.75. The number of ether oxygens (including phenoxy) is 3. The van der Waals surface area contributed by atoms with Gasteiger partial charge in [-0.1, -0.05) is 12.1 Å². The van der Waals surface area contributed by atoms with Crippen LogP contribution in [0.2, 0.25) is 0 Å². The Morgan fingerprint density at radius 2 is 2.08 bits per heavy atom. The van der Waals surface area contributed by atoms with Gasteiger partial charge in [0.25, 0.3) is 0 Å². The summed E-state index contributed by atoms with van der Waals surface area (Å²) in [7, 11) is 0. The standard InChI is InChI=1S/C16H18F3NO4/c17-16(18,19)10-22-9-14(21)20-6-2-4-12(20)11-3-1-5-13-15(11)24-8-7-23-13/h1,3,5,12H,2,4,6-10H2/t12-/m1/s1. The molecule has 1 fully saturated rings. The monoisotopic (exact) mass is 345 g/mol. The second-order valence-corrected chi connectivity index (χ2v) is 5.72. The van der Waals surface area contributed by atoms with Crippen LogP contribution in [0.1, 0.15) is 24.4 Å². The lowest BCUT2D eigenvalue weighted by molar-refractivity contribution is -0.178. The number of benzene rings is 1. The van der Waals surface area contributed by atoms with Crippen molar-refractivity contribution in [2.75, 3.05) is 33.0 Å². The molecule has 0 aromatic heterocycles. The molecular formula is C16H18F3NO4. The van der Waals surface area contributed by atoms with E-state index in [9.17, 15) is 18.0 Å². The lowest BCUT2D eigenvalue weighted by Gasteiger charge is -2.29. The quantitative estimate of drug-likeness (QED) is 0.842. The lowest BCUT2D eigenvalue weighted by Crippen LogP contribution is -2.35. The van der Waals surface area contributed by atoms with E-state index in [0.29, 0.717) is 31.3 Å². The van der Waals surface area contributed by atoms with E-state index in [1.54, 1.807) is 11.0 Å². The van der Waals surface area contributed by atoms with Crippen LogP contribution in [-0.2, 0) is 9.53 Å². The Morgan fingerprint density at radius 3 is 2.88 bits per heavy atom. The average Bonchev–Trinajstić information content (AvgIpc) is 3.02. The predicted octanol–water partition coefficient (Wildman–Crippen LogP) is 2.70. The topological polar surface area (TPSA) is 48.0 Å². The average molecular weight is 345 g/mol. The smallest absolute Gasteiger partial charge is 0.411 e. The van der Waals surface area contributed by atoms with E-state index < -0.39 is 25.3 Å². The largest absolute Gasteiger partial charge is 0.486 e. The maximum absolute atomic E-state index is 12.2. The van der Waals surface area contributed by atoms with Crippen molar-refractivity contribution in [2.45, 2.75) is 25.1 Å². The second-order valence-electron chi connectivity index (χ2n) is 5.72. The van der Waals surface area contributed by atoms with Crippen LogP contribution >= 0.6 is 0 Å². The third-order valence-electron chi connectivity index (χ3n) is 4.02. The fourth-order valence-electron chi connectivity index (χ4n) is 3.08. The van der Waals surface area contributed by atoms with Crippen molar-refractivity contribution in [3.63, 3.8) is 0 Å². The molecule has 0 bridgehead atoms. The Hall–Kier alpha value is -1.96. The van der Waals surface area contributed by atoms with Gasteiger partial charge in [-0.2, -0.15) is 13.2 Å². The molecule has 2 aliphatic heterocycles. The number of halogens is 3. The summed E-state index contributed by atoms with van der Waals surface area (Å²) in [6.07, 6.45) is -2.93. The number of likely N-dealkylation sites (tertiary alicyclic amines) is 1. The number of para-hydroxylation sites is 1. The Kier molecular flexibility index (Phi) is 4.84. The fourth-order valence-corrected chi connectivity index (χ4v) is 3.08. The summed E-state index contributed by atoms with van der Waals surface area (Å²) in [6, 6.07) is 5.25. The second kappa shape index (κ2) is 6.88. The van der Waals surface area contributed by atoms with E-state index in [1.165, 1.54) is 0 Å². The molecule has 1 amide bonds. The molecule has 8 heteroatoms. The molecule has 0 radical (unpaired) electrons. The van der Waals surface area contributed by atoms with Crippen molar-refractivity contribution in [2.24, 2.45) is 0 Å². The first-order valence-electron chi connectivity index (χ1n) is 7.78. The number of carbonyl (C=O) groups is 1.